The number of rotatable bonds is 5. The van der Waals surface area contributed by atoms with Crippen LogP contribution in [0.2, 0.25) is 5.02 Å². The van der Waals surface area contributed by atoms with Crippen molar-refractivity contribution in [2.75, 3.05) is 44.3 Å². The third-order valence-corrected chi connectivity index (χ3v) is 3.60. The number of nitrogens with zero attached hydrogens (tertiary/aromatic N) is 2. The average molecular weight is 313 g/mol. The van der Waals surface area contributed by atoms with Gasteiger partial charge in [-0.15, -0.1) is 0 Å². The predicted molar refractivity (Wildman–Crippen MR) is 78.7 cm³/mol. The summed E-state index contributed by atoms with van der Waals surface area (Å²) in [6, 6.07) is 7.60. The van der Waals surface area contributed by atoms with Gasteiger partial charge in [0.2, 0.25) is 5.91 Å². The molecule has 0 aromatic heterocycles. The van der Waals surface area contributed by atoms with Gasteiger partial charge < -0.3 is 19.6 Å². The highest BCUT2D eigenvalue weighted by Gasteiger charge is 2.22. The first kappa shape index (κ1) is 15.6. The van der Waals surface area contributed by atoms with Gasteiger partial charge in [-0.05, 0) is 12.1 Å². The molecule has 0 unspecified atom stereocenters. The van der Waals surface area contributed by atoms with E-state index in [1.807, 2.05) is 24.3 Å². The van der Waals surface area contributed by atoms with Gasteiger partial charge in [-0.3, -0.25) is 4.79 Å². The summed E-state index contributed by atoms with van der Waals surface area (Å²) in [5, 5.41) is 9.15. The highest BCUT2D eigenvalue weighted by molar-refractivity contribution is 6.33. The van der Waals surface area contributed by atoms with E-state index in [-0.39, 0.29) is 12.5 Å². The third kappa shape index (κ3) is 4.34. The zero-order valence-corrected chi connectivity index (χ0v) is 12.3. The molecule has 1 N–H and O–H groups in total. The molecule has 0 aliphatic carbocycles. The Morgan fingerprint density at radius 2 is 1.81 bits per heavy atom. The molecule has 2 rings (SSSR count). The van der Waals surface area contributed by atoms with Gasteiger partial charge >= 0.3 is 5.97 Å². The summed E-state index contributed by atoms with van der Waals surface area (Å²) < 4.78 is 4.82. The molecule has 1 aromatic rings. The van der Waals surface area contributed by atoms with Crippen molar-refractivity contribution in [2.45, 2.75) is 0 Å². The summed E-state index contributed by atoms with van der Waals surface area (Å²) in [5.41, 5.74) is 0.966. The van der Waals surface area contributed by atoms with E-state index in [0.717, 1.165) is 5.69 Å². The molecule has 1 aromatic carbocycles. The highest BCUT2D eigenvalue weighted by Crippen LogP contribution is 2.25. The van der Waals surface area contributed by atoms with Crippen LogP contribution in [-0.2, 0) is 14.3 Å². The van der Waals surface area contributed by atoms with Crippen molar-refractivity contribution < 1.29 is 19.4 Å². The van der Waals surface area contributed by atoms with Crippen molar-refractivity contribution in [3.05, 3.63) is 29.3 Å². The van der Waals surface area contributed by atoms with E-state index in [4.69, 9.17) is 21.4 Å². The van der Waals surface area contributed by atoms with Crippen LogP contribution < -0.4 is 4.90 Å². The summed E-state index contributed by atoms with van der Waals surface area (Å²) in [6.45, 7) is 1.87. The Bertz CT molecular complexity index is 515. The molecule has 1 heterocycles. The van der Waals surface area contributed by atoms with Crippen molar-refractivity contribution in [2.24, 2.45) is 0 Å². The number of carboxylic acids is 1. The van der Waals surface area contributed by atoms with Crippen LogP contribution in [0.3, 0.4) is 0 Å². The molecule has 7 heteroatoms. The minimum atomic E-state index is -1.08. The predicted octanol–water partition coefficient (Wildman–Crippen LogP) is 1.09. The lowest BCUT2D eigenvalue weighted by molar-refractivity contribution is -0.145. The standard InChI is InChI=1S/C14H17ClN2O4/c15-11-3-1-2-4-12(11)16-5-7-17(8-6-16)13(18)9-21-10-14(19)20/h1-4H,5-10H2,(H,19,20). The van der Waals surface area contributed by atoms with E-state index >= 15 is 0 Å². The molecular weight excluding hydrogens is 296 g/mol. The summed E-state index contributed by atoms with van der Waals surface area (Å²) in [7, 11) is 0. The molecule has 1 saturated heterocycles. The van der Waals surface area contributed by atoms with Crippen LogP contribution in [0.15, 0.2) is 24.3 Å². The van der Waals surface area contributed by atoms with Gasteiger partial charge in [-0.2, -0.15) is 0 Å². The molecule has 0 spiro atoms. The molecule has 1 aliphatic heterocycles. The fraction of sp³-hybridized carbons (Fsp3) is 0.429. The smallest absolute Gasteiger partial charge is 0.329 e. The molecule has 0 radical (unpaired) electrons. The lowest BCUT2D eigenvalue weighted by atomic mass is 10.2. The van der Waals surface area contributed by atoms with Crippen molar-refractivity contribution in [3.63, 3.8) is 0 Å². The third-order valence-electron chi connectivity index (χ3n) is 3.28. The maximum atomic E-state index is 11.9. The molecule has 6 nitrogen and oxygen atoms in total. The van der Waals surface area contributed by atoms with Gasteiger partial charge in [-0.25, -0.2) is 4.79 Å². The summed E-state index contributed by atoms with van der Waals surface area (Å²) >= 11 is 6.16. The molecule has 21 heavy (non-hydrogen) atoms. The number of para-hydroxylation sites is 1. The second-order valence-corrected chi connectivity index (χ2v) is 5.11. The first-order valence-corrected chi connectivity index (χ1v) is 7.02. The summed E-state index contributed by atoms with van der Waals surface area (Å²) in [6.07, 6.45) is 0. The lowest BCUT2D eigenvalue weighted by Crippen LogP contribution is -2.50. The Morgan fingerprint density at radius 1 is 1.14 bits per heavy atom. The van der Waals surface area contributed by atoms with Crippen molar-refractivity contribution in [1.82, 2.24) is 4.90 Å². The largest absolute Gasteiger partial charge is 0.480 e. The van der Waals surface area contributed by atoms with Gasteiger partial charge in [0.15, 0.2) is 0 Å². The van der Waals surface area contributed by atoms with Crippen LogP contribution in [0.25, 0.3) is 0 Å². The number of piperazine rings is 1. The first-order chi connectivity index (χ1) is 10.1. The van der Waals surface area contributed by atoms with E-state index in [9.17, 15) is 9.59 Å². The lowest BCUT2D eigenvalue weighted by Gasteiger charge is -2.36. The molecule has 1 amide bonds. The maximum Gasteiger partial charge on any atom is 0.329 e. The van der Waals surface area contributed by atoms with Crippen molar-refractivity contribution >= 4 is 29.2 Å². The van der Waals surface area contributed by atoms with Gasteiger partial charge in [0.05, 0.1) is 10.7 Å². The Kier molecular flexibility index (Phi) is 5.41. The second kappa shape index (κ2) is 7.28. The number of aliphatic carboxylic acids is 1. The molecule has 0 bridgehead atoms. The van der Waals surface area contributed by atoms with E-state index in [0.29, 0.717) is 31.2 Å². The Balaban J connectivity index is 1.82. The van der Waals surface area contributed by atoms with Gasteiger partial charge in [0.25, 0.3) is 0 Å². The number of halogens is 1. The van der Waals surface area contributed by atoms with Gasteiger partial charge in [0, 0.05) is 26.2 Å². The van der Waals surface area contributed by atoms with Crippen molar-refractivity contribution in [3.8, 4) is 0 Å². The summed E-state index contributed by atoms with van der Waals surface area (Å²) in [5.74, 6) is -1.26. The number of amides is 1. The zero-order chi connectivity index (χ0) is 15.2. The fourth-order valence-electron chi connectivity index (χ4n) is 2.22. The molecule has 1 aliphatic rings. The van der Waals surface area contributed by atoms with Crippen LogP contribution in [0.5, 0.6) is 0 Å². The highest BCUT2D eigenvalue weighted by atomic mass is 35.5. The van der Waals surface area contributed by atoms with Crippen LogP contribution in [0.4, 0.5) is 5.69 Å². The number of ether oxygens (including phenoxy) is 1. The molecule has 0 atom stereocenters. The topological polar surface area (TPSA) is 70.1 Å². The maximum absolute atomic E-state index is 11.9. The van der Waals surface area contributed by atoms with E-state index in [2.05, 4.69) is 4.90 Å². The SMILES string of the molecule is O=C(O)COCC(=O)N1CCN(c2ccccc2Cl)CC1. The average Bonchev–Trinajstić information content (AvgIpc) is 2.47. The molecule has 0 saturated carbocycles. The van der Waals surface area contributed by atoms with Crippen LogP contribution in [0.1, 0.15) is 0 Å². The van der Waals surface area contributed by atoms with Crippen molar-refractivity contribution in [1.29, 1.82) is 0 Å². The Morgan fingerprint density at radius 3 is 2.43 bits per heavy atom. The van der Waals surface area contributed by atoms with E-state index in [1.165, 1.54) is 0 Å². The number of carbonyl (C=O) groups is 2. The zero-order valence-electron chi connectivity index (χ0n) is 11.5. The first-order valence-electron chi connectivity index (χ1n) is 6.64. The second-order valence-electron chi connectivity index (χ2n) is 4.71. The number of benzene rings is 1. The number of carboxylic acid groups (broad SMARTS) is 1. The minimum Gasteiger partial charge on any atom is -0.480 e. The molecule has 1 fully saturated rings. The Hall–Kier alpha value is -1.79. The number of hydrogen-bond acceptors (Lipinski definition) is 4. The number of hydrogen-bond donors (Lipinski definition) is 1. The van der Waals surface area contributed by atoms with E-state index < -0.39 is 12.6 Å². The van der Waals surface area contributed by atoms with Crippen LogP contribution in [0, 0.1) is 0 Å². The quantitative estimate of drug-likeness (QED) is 0.881. The van der Waals surface area contributed by atoms with E-state index in [1.54, 1.807) is 4.90 Å². The van der Waals surface area contributed by atoms with Crippen LogP contribution >= 0.6 is 11.6 Å². The fourth-order valence-corrected chi connectivity index (χ4v) is 2.48. The number of carbonyl (C=O) groups excluding carboxylic acids is 1. The van der Waals surface area contributed by atoms with Gasteiger partial charge in [0.1, 0.15) is 13.2 Å². The molecule has 114 valence electrons. The van der Waals surface area contributed by atoms with Gasteiger partial charge in [-0.1, -0.05) is 23.7 Å². The normalized spacial score (nSPS) is 15.1. The number of anilines is 1. The Labute approximate surface area is 127 Å². The van der Waals surface area contributed by atoms with Crippen LogP contribution in [-0.4, -0.2) is 61.3 Å². The molecular formula is C14H17ClN2O4. The monoisotopic (exact) mass is 312 g/mol. The summed E-state index contributed by atoms with van der Waals surface area (Å²) in [4.78, 5) is 26.0. The minimum absolute atomic E-state index is 0.185.